The number of aromatic nitrogens is 2. The summed E-state index contributed by atoms with van der Waals surface area (Å²) >= 11 is 0. The van der Waals surface area contributed by atoms with Gasteiger partial charge in [-0.1, -0.05) is 24.1 Å². The summed E-state index contributed by atoms with van der Waals surface area (Å²) in [6.45, 7) is 4.64. The number of nitrogens with one attached hydrogen (secondary N) is 1. The van der Waals surface area contributed by atoms with Crippen LogP contribution in [0.15, 0.2) is 41.5 Å². The predicted molar refractivity (Wildman–Crippen MR) is 126 cm³/mol. The summed E-state index contributed by atoms with van der Waals surface area (Å²) in [4.78, 5) is 12.5. The molecule has 1 N–H and O–H groups in total. The second-order valence-electron chi connectivity index (χ2n) is 9.07. The second-order valence-corrected chi connectivity index (χ2v) is 9.07. The molecule has 0 unspecified atom stereocenters. The van der Waals surface area contributed by atoms with Crippen LogP contribution in [0, 0.1) is 6.92 Å². The fourth-order valence-electron chi connectivity index (χ4n) is 5.07. The minimum Gasteiger partial charge on any atom is -0.495 e. The summed E-state index contributed by atoms with van der Waals surface area (Å²) in [6.07, 6.45) is 13.5. The van der Waals surface area contributed by atoms with Crippen LogP contribution in [-0.4, -0.2) is 59.2 Å². The zero-order valence-corrected chi connectivity index (χ0v) is 19.1. The van der Waals surface area contributed by atoms with Crippen LogP contribution in [0.1, 0.15) is 49.8 Å². The Kier molecular flexibility index (Phi) is 6.17. The number of hydrogen-bond acceptors (Lipinski definition) is 6. The molecule has 3 heterocycles. The van der Waals surface area contributed by atoms with Gasteiger partial charge in [-0.15, -0.1) is 0 Å². The third kappa shape index (κ3) is 4.39. The Morgan fingerprint density at radius 1 is 1.25 bits per heavy atom. The molecule has 2 fully saturated rings. The standard InChI is InChI=1S/C25H33N5O2/c1-18-15-29(17-27-18)23-10-9-19(13-24(23)31-2)12-20-6-5-11-30-22(16-32-28-25(20)30)14-26-21-7-3-4-8-21/h9-10,12-13,15,17,21-22,26H,3-8,11,14,16H2,1-2H3/t22-/m0/s1. The largest absolute Gasteiger partial charge is 0.495 e. The van der Waals surface area contributed by atoms with Crippen molar-refractivity contribution in [1.29, 1.82) is 0 Å². The predicted octanol–water partition coefficient (Wildman–Crippen LogP) is 3.91. The first-order valence-electron chi connectivity index (χ1n) is 11.8. The van der Waals surface area contributed by atoms with Crippen molar-refractivity contribution >= 4 is 11.9 Å². The fraction of sp³-hybridized carbons (Fsp3) is 0.520. The summed E-state index contributed by atoms with van der Waals surface area (Å²) < 4.78 is 7.69. The van der Waals surface area contributed by atoms with Crippen LogP contribution < -0.4 is 10.1 Å². The van der Waals surface area contributed by atoms with E-state index in [0.29, 0.717) is 18.7 Å². The first-order chi connectivity index (χ1) is 15.7. The van der Waals surface area contributed by atoms with Crippen molar-refractivity contribution in [2.24, 2.45) is 5.16 Å². The van der Waals surface area contributed by atoms with Gasteiger partial charge in [-0.25, -0.2) is 4.98 Å². The average molecular weight is 436 g/mol. The molecule has 1 saturated heterocycles. The van der Waals surface area contributed by atoms with E-state index in [1.54, 1.807) is 7.11 Å². The summed E-state index contributed by atoms with van der Waals surface area (Å²) in [6, 6.07) is 7.30. The number of hydrogen-bond donors (Lipinski definition) is 1. The molecule has 0 radical (unpaired) electrons. The lowest BCUT2D eigenvalue weighted by Crippen LogP contribution is -2.54. The minimum absolute atomic E-state index is 0.341. The molecule has 2 aliphatic heterocycles. The van der Waals surface area contributed by atoms with E-state index in [2.05, 4.69) is 44.6 Å². The van der Waals surface area contributed by atoms with Crippen molar-refractivity contribution < 1.29 is 9.57 Å². The molecule has 7 heteroatoms. The lowest BCUT2D eigenvalue weighted by atomic mass is 9.98. The second kappa shape index (κ2) is 9.36. The van der Waals surface area contributed by atoms with E-state index < -0.39 is 0 Å². The van der Waals surface area contributed by atoms with E-state index in [0.717, 1.165) is 54.5 Å². The number of oxime groups is 1. The molecule has 3 aliphatic rings. The highest BCUT2D eigenvalue weighted by atomic mass is 16.6. The van der Waals surface area contributed by atoms with Crippen LogP contribution in [0.25, 0.3) is 11.8 Å². The number of nitrogens with zero attached hydrogens (tertiary/aromatic N) is 4. The molecule has 170 valence electrons. The molecular weight excluding hydrogens is 402 g/mol. The van der Waals surface area contributed by atoms with Crippen molar-refractivity contribution in [3.63, 3.8) is 0 Å². The highest BCUT2D eigenvalue weighted by Gasteiger charge is 2.32. The van der Waals surface area contributed by atoms with Gasteiger partial charge in [-0.2, -0.15) is 0 Å². The van der Waals surface area contributed by atoms with Gasteiger partial charge in [0.05, 0.1) is 30.9 Å². The van der Waals surface area contributed by atoms with Crippen molar-refractivity contribution in [3.8, 4) is 11.4 Å². The molecule has 0 bridgehead atoms. The number of piperidine rings is 1. The molecule has 2 aromatic rings. The van der Waals surface area contributed by atoms with Gasteiger partial charge in [0.25, 0.3) is 0 Å². The first-order valence-corrected chi connectivity index (χ1v) is 11.8. The van der Waals surface area contributed by atoms with Gasteiger partial charge >= 0.3 is 0 Å². The molecule has 7 nitrogen and oxygen atoms in total. The van der Waals surface area contributed by atoms with Crippen LogP contribution in [0.5, 0.6) is 5.75 Å². The van der Waals surface area contributed by atoms with Crippen LogP contribution in [-0.2, 0) is 4.84 Å². The minimum atomic E-state index is 0.341. The molecular formula is C25H33N5O2. The van der Waals surface area contributed by atoms with E-state index in [4.69, 9.17) is 9.57 Å². The summed E-state index contributed by atoms with van der Waals surface area (Å²) in [5.74, 6) is 1.82. The third-order valence-electron chi connectivity index (χ3n) is 6.79. The maximum absolute atomic E-state index is 5.69. The SMILES string of the molecule is COc1cc(C=C2CCCN3C2=NOC[C@@H]3CNC2CCCC2)ccc1-n1cnc(C)c1. The van der Waals surface area contributed by atoms with Crippen LogP contribution in [0.3, 0.4) is 0 Å². The molecule has 0 amide bonds. The molecule has 1 atom stereocenters. The highest BCUT2D eigenvalue weighted by molar-refractivity contribution is 6.02. The quantitative estimate of drug-likeness (QED) is 0.745. The normalized spacial score (nSPS) is 22.6. The fourth-order valence-corrected chi connectivity index (χ4v) is 5.07. The number of methoxy groups -OCH3 is 1. The Morgan fingerprint density at radius 2 is 2.12 bits per heavy atom. The number of rotatable bonds is 6. The van der Waals surface area contributed by atoms with E-state index in [-0.39, 0.29) is 0 Å². The molecule has 1 aromatic carbocycles. The van der Waals surface area contributed by atoms with E-state index in [9.17, 15) is 0 Å². The smallest absolute Gasteiger partial charge is 0.171 e. The molecule has 32 heavy (non-hydrogen) atoms. The Hall–Kier alpha value is -2.80. The first kappa shape index (κ1) is 21.1. The van der Waals surface area contributed by atoms with Crippen LogP contribution in [0.2, 0.25) is 0 Å². The van der Waals surface area contributed by atoms with Gasteiger partial charge < -0.3 is 24.4 Å². The molecule has 1 saturated carbocycles. The van der Waals surface area contributed by atoms with Crippen molar-refractivity contribution in [1.82, 2.24) is 19.8 Å². The van der Waals surface area contributed by atoms with Gasteiger partial charge in [0, 0.05) is 25.3 Å². The molecule has 1 aromatic heterocycles. The number of aryl methyl sites for hydroxylation is 1. The van der Waals surface area contributed by atoms with Gasteiger partial charge in [0.2, 0.25) is 0 Å². The zero-order chi connectivity index (χ0) is 21.9. The molecule has 1 aliphatic carbocycles. The lowest BCUT2D eigenvalue weighted by molar-refractivity contribution is 0.0567. The topological polar surface area (TPSA) is 63.9 Å². The van der Waals surface area contributed by atoms with Gasteiger partial charge in [-0.05, 0) is 62.0 Å². The maximum atomic E-state index is 5.69. The Balaban J connectivity index is 1.35. The van der Waals surface area contributed by atoms with Gasteiger partial charge in [0.1, 0.15) is 12.4 Å². The maximum Gasteiger partial charge on any atom is 0.171 e. The molecule has 5 rings (SSSR count). The highest BCUT2D eigenvalue weighted by Crippen LogP contribution is 2.29. The zero-order valence-electron chi connectivity index (χ0n) is 19.1. The van der Waals surface area contributed by atoms with E-state index >= 15 is 0 Å². The van der Waals surface area contributed by atoms with Crippen molar-refractivity contribution in [2.75, 3.05) is 26.8 Å². The van der Waals surface area contributed by atoms with Crippen LogP contribution >= 0.6 is 0 Å². The van der Waals surface area contributed by atoms with E-state index in [1.807, 2.05) is 24.0 Å². The van der Waals surface area contributed by atoms with Crippen molar-refractivity contribution in [3.05, 3.63) is 47.6 Å². The number of ether oxygens (including phenoxy) is 1. The van der Waals surface area contributed by atoms with Crippen molar-refractivity contribution in [2.45, 2.75) is 57.5 Å². The average Bonchev–Trinajstić information content (AvgIpc) is 3.49. The molecule has 0 spiro atoms. The summed E-state index contributed by atoms with van der Waals surface area (Å²) in [5, 5.41) is 8.24. The summed E-state index contributed by atoms with van der Waals surface area (Å²) in [7, 11) is 1.71. The number of fused-ring (bicyclic) bond motifs is 1. The van der Waals surface area contributed by atoms with Crippen LogP contribution in [0.4, 0.5) is 0 Å². The Morgan fingerprint density at radius 3 is 2.91 bits per heavy atom. The third-order valence-corrected chi connectivity index (χ3v) is 6.79. The number of imidazole rings is 1. The lowest BCUT2D eigenvalue weighted by Gasteiger charge is -2.40. The Bertz CT molecular complexity index is 1010. The van der Waals surface area contributed by atoms with Gasteiger partial charge in [-0.3, -0.25) is 0 Å². The van der Waals surface area contributed by atoms with Gasteiger partial charge in [0.15, 0.2) is 5.84 Å². The monoisotopic (exact) mass is 435 g/mol. The summed E-state index contributed by atoms with van der Waals surface area (Å²) in [5.41, 5.74) is 4.30. The Labute approximate surface area is 190 Å². The number of benzene rings is 1. The van der Waals surface area contributed by atoms with E-state index in [1.165, 1.54) is 31.3 Å². The number of amidine groups is 1.